The second-order valence-corrected chi connectivity index (χ2v) is 8.83. The van der Waals surface area contributed by atoms with E-state index in [0.29, 0.717) is 23.4 Å². The van der Waals surface area contributed by atoms with E-state index in [-0.39, 0.29) is 17.4 Å². The molecule has 0 saturated carbocycles. The third-order valence-corrected chi connectivity index (χ3v) is 5.77. The van der Waals surface area contributed by atoms with Gasteiger partial charge in [-0.3, -0.25) is 4.79 Å². The van der Waals surface area contributed by atoms with Gasteiger partial charge in [-0.15, -0.1) is 10.2 Å². The van der Waals surface area contributed by atoms with Crippen molar-refractivity contribution in [2.45, 2.75) is 51.9 Å². The molecule has 1 heterocycles. The molecule has 0 aliphatic heterocycles. The van der Waals surface area contributed by atoms with E-state index in [4.69, 9.17) is 4.74 Å². The molecule has 0 fully saturated rings. The molecule has 1 N–H and O–H groups in total. The minimum atomic E-state index is -0.502. The predicted octanol–water partition coefficient (Wildman–Crippen LogP) is 5.51. The van der Waals surface area contributed by atoms with Crippen LogP contribution in [0.1, 0.15) is 45.2 Å². The van der Waals surface area contributed by atoms with Crippen molar-refractivity contribution >= 4 is 23.4 Å². The van der Waals surface area contributed by atoms with Gasteiger partial charge >= 0.3 is 0 Å². The maximum absolute atomic E-state index is 14.0. The molecule has 3 rings (SSSR count). The lowest BCUT2D eigenvalue weighted by Crippen LogP contribution is -2.17. The minimum absolute atomic E-state index is 0.104. The minimum Gasteiger partial charge on any atom is -0.480 e. The van der Waals surface area contributed by atoms with Crippen molar-refractivity contribution in [3.8, 4) is 5.75 Å². The number of para-hydroxylation sites is 2. The molecule has 1 unspecified atom stereocenters. The molecule has 6 nitrogen and oxygen atoms in total. The van der Waals surface area contributed by atoms with Gasteiger partial charge in [0.1, 0.15) is 0 Å². The number of halogens is 1. The number of nitrogens with zero attached hydrogens (tertiary/aromatic N) is 3. The smallest absolute Gasteiger partial charge is 0.234 e. The third-order valence-electron chi connectivity index (χ3n) is 4.80. The Labute approximate surface area is 192 Å². The zero-order valence-corrected chi connectivity index (χ0v) is 19.7. The van der Waals surface area contributed by atoms with Gasteiger partial charge in [-0.2, -0.15) is 0 Å². The molecule has 1 aromatic heterocycles. The predicted molar refractivity (Wildman–Crippen MR) is 125 cm³/mol. The SMILES string of the molecule is CCc1ccccc1NC(=O)CSc1nnc(C(C)Oc2ccccc2F)n1CC(C)C. The molecule has 1 amide bonds. The lowest BCUT2D eigenvalue weighted by atomic mass is 10.1. The summed E-state index contributed by atoms with van der Waals surface area (Å²) < 4.78 is 21.8. The van der Waals surface area contributed by atoms with Crippen LogP contribution in [0.4, 0.5) is 10.1 Å². The van der Waals surface area contributed by atoms with Crippen LogP contribution in [-0.4, -0.2) is 26.4 Å². The monoisotopic (exact) mass is 456 g/mol. The Balaban J connectivity index is 1.71. The zero-order chi connectivity index (χ0) is 23.1. The lowest BCUT2D eigenvalue weighted by Gasteiger charge is -2.18. The van der Waals surface area contributed by atoms with Gasteiger partial charge in [-0.1, -0.05) is 62.9 Å². The molecule has 8 heteroatoms. The van der Waals surface area contributed by atoms with Crippen molar-refractivity contribution in [2.24, 2.45) is 5.92 Å². The molecule has 0 saturated heterocycles. The molecule has 1 atom stereocenters. The summed E-state index contributed by atoms with van der Waals surface area (Å²) in [5.74, 6) is 0.773. The molecule has 0 aliphatic rings. The topological polar surface area (TPSA) is 69.0 Å². The lowest BCUT2D eigenvalue weighted by molar-refractivity contribution is -0.113. The first-order valence-corrected chi connectivity index (χ1v) is 11.7. The number of aromatic nitrogens is 3. The van der Waals surface area contributed by atoms with E-state index in [1.54, 1.807) is 18.2 Å². The average molecular weight is 457 g/mol. The van der Waals surface area contributed by atoms with Gasteiger partial charge < -0.3 is 14.6 Å². The van der Waals surface area contributed by atoms with Crippen LogP contribution in [0.2, 0.25) is 0 Å². The number of aryl methyl sites for hydroxylation is 1. The highest BCUT2D eigenvalue weighted by Crippen LogP contribution is 2.27. The highest BCUT2D eigenvalue weighted by atomic mass is 32.2. The standard InChI is InChI=1S/C24H29FN4O2S/c1-5-18-10-6-8-12-20(18)26-22(30)15-32-24-28-27-23(29(24)14-16(2)3)17(4)31-21-13-9-7-11-19(21)25/h6-13,16-17H,5,14-15H2,1-4H3,(H,26,30). The number of rotatable bonds is 10. The first-order valence-electron chi connectivity index (χ1n) is 10.7. The van der Waals surface area contributed by atoms with Gasteiger partial charge in [-0.05, 0) is 43.0 Å². The van der Waals surface area contributed by atoms with Crippen molar-refractivity contribution in [3.05, 3.63) is 65.7 Å². The molecule has 32 heavy (non-hydrogen) atoms. The summed E-state index contributed by atoms with van der Waals surface area (Å²) in [5, 5.41) is 12.2. The van der Waals surface area contributed by atoms with Crippen molar-refractivity contribution in [1.29, 1.82) is 0 Å². The Hall–Kier alpha value is -2.87. The first kappa shape index (κ1) is 23.8. The van der Waals surface area contributed by atoms with Crippen molar-refractivity contribution in [1.82, 2.24) is 14.8 Å². The third kappa shape index (κ3) is 6.09. The summed E-state index contributed by atoms with van der Waals surface area (Å²) >= 11 is 1.33. The number of benzene rings is 2. The van der Waals surface area contributed by atoms with E-state index >= 15 is 0 Å². The van der Waals surface area contributed by atoms with Gasteiger partial charge in [0, 0.05) is 12.2 Å². The molecule has 0 bridgehead atoms. The number of hydrogen-bond donors (Lipinski definition) is 1. The quantitative estimate of drug-likeness (QED) is 0.408. The second-order valence-electron chi connectivity index (χ2n) is 7.88. The van der Waals surface area contributed by atoms with Gasteiger partial charge in [0.25, 0.3) is 0 Å². The van der Waals surface area contributed by atoms with Crippen molar-refractivity contribution < 1.29 is 13.9 Å². The van der Waals surface area contributed by atoms with Crippen LogP contribution in [0.5, 0.6) is 5.75 Å². The highest BCUT2D eigenvalue weighted by Gasteiger charge is 2.22. The maximum atomic E-state index is 14.0. The van der Waals surface area contributed by atoms with E-state index in [1.165, 1.54) is 17.8 Å². The van der Waals surface area contributed by atoms with Gasteiger partial charge in [0.2, 0.25) is 5.91 Å². The summed E-state index contributed by atoms with van der Waals surface area (Å²) in [4.78, 5) is 12.6. The summed E-state index contributed by atoms with van der Waals surface area (Å²) in [6.07, 6.45) is 0.341. The fourth-order valence-corrected chi connectivity index (χ4v) is 4.05. The molecule has 2 aromatic carbocycles. The number of hydrogen-bond acceptors (Lipinski definition) is 5. The molecular formula is C24H29FN4O2S. The number of carbonyl (C=O) groups is 1. The highest BCUT2D eigenvalue weighted by molar-refractivity contribution is 7.99. The van der Waals surface area contributed by atoms with Crippen LogP contribution in [0.3, 0.4) is 0 Å². The van der Waals surface area contributed by atoms with Gasteiger partial charge in [0.15, 0.2) is 28.7 Å². The number of carbonyl (C=O) groups excluding carboxylic acids is 1. The van der Waals surface area contributed by atoms with Crippen LogP contribution in [0, 0.1) is 11.7 Å². The van der Waals surface area contributed by atoms with Crippen LogP contribution < -0.4 is 10.1 Å². The summed E-state index contributed by atoms with van der Waals surface area (Å²) in [5.41, 5.74) is 1.92. The van der Waals surface area contributed by atoms with Gasteiger partial charge in [0.05, 0.1) is 5.75 Å². The molecule has 0 aliphatic carbocycles. The van der Waals surface area contributed by atoms with E-state index < -0.39 is 11.9 Å². The molecule has 3 aromatic rings. The average Bonchev–Trinajstić information content (AvgIpc) is 3.16. The Morgan fingerprint density at radius 2 is 1.84 bits per heavy atom. The zero-order valence-electron chi connectivity index (χ0n) is 18.8. The molecule has 0 radical (unpaired) electrons. The summed E-state index contributed by atoms with van der Waals surface area (Å²) in [6.45, 7) is 8.72. The van der Waals surface area contributed by atoms with Crippen LogP contribution >= 0.6 is 11.8 Å². The molecule has 0 spiro atoms. The molecular weight excluding hydrogens is 427 g/mol. The van der Waals surface area contributed by atoms with E-state index in [0.717, 1.165) is 17.7 Å². The second kappa shape index (κ2) is 11.1. The number of anilines is 1. The van der Waals surface area contributed by atoms with E-state index in [2.05, 4.69) is 36.3 Å². The Bertz CT molecular complexity index is 1050. The normalized spacial score (nSPS) is 12.1. The van der Waals surface area contributed by atoms with Crippen LogP contribution in [0.15, 0.2) is 53.7 Å². The number of ether oxygens (including phenoxy) is 1. The van der Waals surface area contributed by atoms with Crippen LogP contribution in [0.25, 0.3) is 0 Å². The Morgan fingerprint density at radius 3 is 2.56 bits per heavy atom. The Kier molecular flexibility index (Phi) is 8.27. The van der Waals surface area contributed by atoms with Crippen molar-refractivity contribution in [2.75, 3.05) is 11.1 Å². The number of nitrogens with one attached hydrogen (secondary N) is 1. The fraction of sp³-hybridized carbons (Fsp3) is 0.375. The van der Waals surface area contributed by atoms with Crippen molar-refractivity contribution in [3.63, 3.8) is 0 Å². The van der Waals surface area contributed by atoms with E-state index in [1.807, 2.05) is 35.8 Å². The largest absolute Gasteiger partial charge is 0.480 e. The maximum Gasteiger partial charge on any atom is 0.234 e. The fourth-order valence-electron chi connectivity index (χ4n) is 3.29. The number of thioether (sulfide) groups is 1. The Morgan fingerprint density at radius 1 is 1.12 bits per heavy atom. The van der Waals surface area contributed by atoms with Crippen LogP contribution in [-0.2, 0) is 17.8 Å². The summed E-state index contributed by atoms with van der Waals surface area (Å²) in [6, 6.07) is 14.1. The summed E-state index contributed by atoms with van der Waals surface area (Å²) in [7, 11) is 0. The van der Waals surface area contributed by atoms with E-state index in [9.17, 15) is 9.18 Å². The first-order chi connectivity index (χ1) is 15.4. The number of amides is 1. The molecule has 170 valence electrons. The van der Waals surface area contributed by atoms with Gasteiger partial charge in [-0.25, -0.2) is 4.39 Å².